The highest BCUT2D eigenvalue weighted by molar-refractivity contribution is 7.80. The van der Waals surface area contributed by atoms with Gasteiger partial charge in [-0.05, 0) is 37.0 Å². The molecule has 0 spiro atoms. The van der Waals surface area contributed by atoms with Crippen molar-refractivity contribution < 1.29 is 9.53 Å². The molecule has 0 saturated heterocycles. The third kappa shape index (κ3) is 4.41. The van der Waals surface area contributed by atoms with Crippen molar-refractivity contribution in [3.05, 3.63) is 35.4 Å². The summed E-state index contributed by atoms with van der Waals surface area (Å²) in [7, 11) is 0. The monoisotopic (exact) mass is 292 g/mol. The molecule has 0 radical (unpaired) electrons. The fraction of sp³-hybridized carbons (Fsp3) is 0.529. The van der Waals surface area contributed by atoms with Gasteiger partial charge in [-0.25, -0.2) is 0 Å². The molecule has 3 heteroatoms. The molecule has 0 saturated carbocycles. The summed E-state index contributed by atoms with van der Waals surface area (Å²) in [5, 5.41) is 0.408. The number of hydrogen-bond donors (Lipinski definition) is 0. The zero-order valence-corrected chi connectivity index (χ0v) is 13.6. The summed E-state index contributed by atoms with van der Waals surface area (Å²) < 4.78 is 5.38. The van der Waals surface area contributed by atoms with Crippen molar-refractivity contribution in [2.75, 3.05) is 6.61 Å². The summed E-state index contributed by atoms with van der Waals surface area (Å²) in [6.07, 6.45) is 2.15. The molecule has 0 bridgehead atoms. The molecular formula is C17H24O2S. The predicted octanol–water partition coefficient (Wildman–Crippen LogP) is 4.46. The van der Waals surface area contributed by atoms with Crippen LogP contribution in [0.5, 0.6) is 0 Å². The molecule has 0 aliphatic heterocycles. The third-order valence-electron chi connectivity index (χ3n) is 3.27. The maximum absolute atomic E-state index is 12.6. The predicted molar refractivity (Wildman–Crippen MR) is 87.3 cm³/mol. The minimum atomic E-state index is -0.345. The van der Waals surface area contributed by atoms with Gasteiger partial charge in [0.25, 0.3) is 0 Å². The molecule has 0 amide bonds. The molecule has 0 fully saturated rings. The summed E-state index contributed by atoms with van der Waals surface area (Å²) >= 11 is 5.25. The molecule has 2 nitrogen and oxygen atoms in total. The highest BCUT2D eigenvalue weighted by Gasteiger charge is 2.28. The Morgan fingerprint density at radius 2 is 1.80 bits per heavy atom. The second kappa shape index (κ2) is 8.15. The van der Waals surface area contributed by atoms with Crippen molar-refractivity contribution in [2.24, 2.45) is 11.8 Å². The second-order valence-electron chi connectivity index (χ2n) is 5.28. The molecule has 1 aromatic rings. The number of Topliss-reactive ketones (excluding diaryl/α,β-unsaturated/α-hetero) is 1. The molecule has 20 heavy (non-hydrogen) atoms. The topological polar surface area (TPSA) is 26.3 Å². The van der Waals surface area contributed by atoms with Gasteiger partial charge >= 0.3 is 0 Å². The number of rotatable bonds is 7. The Hall–Kier alpha value is -1.22. The Kier molecular flexibility index (Phi) is 6.86. The molecule has 0 N–H and O–H groups in total. The molecule has 0 aliphatic carbocycles. The summed E-state index contributed by atoms with van der Waals surface area (Å²) in [6, 6.07) is 7.85. The fourth-order valence-corrected chi connectivity index (χ4v) is 2.71. The molecule has 1 unspecified atom stereocenters. The van der Waals surface area contributed by atoms with Gasteiger partial charge in [0.15, 0.2) is 10.8 Å². The van der Waals surface area contributed by atoms with Crippen molar-refractivity contribution in [3.63, 3.8) is 0 Å². The highest BCUT2D eigenvalue weighted by atomic mass is 32.1. The Labute approximate surface area is 127 Å². The van der Waals surface area contributed by atoms with E-state index in [2.05, 4.69) is 6.92 Å². The van der Waals surface area contributed by atoms with Crippen molar-refractivity contribution in [2.45, 2.75) is 40.5 Å². The van der Waals surface area contributed by atoms with Gasteiger partial charge in [-0.15, -0.1) is 0 Å². The number of thiocarbonyl (C=S) groups is 1. The van der Waals surface area contributed by atoms with Crippen molar-refractivity contribution in [3.8, 4) is 0 Å². The van der Waals surface area contributed by atoms with E-state index in [1.165, 1.54) is 5.56 Å². The van der Waals surface area contributed by atoms with Gasteiger partial charge in [-0.2, -0.15) is 0 Å². The van der Waals surface area contributed by atoms with E-state index < -0.39 is 0 Å². The second-order valence-corrected chi connectivity index (χ2v) is 5.69. The zero-order chi connectivity index (χ0) is 15.1. The molecule has 0 aliphatic rings. The quantitative estimate of drug-likeness (QED) is 0.548. The molecule has 1 atom stereocenters. The standard InChI is InChI=1S/C17H24O2S/c1-5-7-13-8-10-14(11-9-13)16(18)15(12(3)4)17(20)19-6-2/h8-12,15H,5-7H2,1-4H3. The first-order chi connectivity index (χ1) is 9.51. The van der Waals surface area contributed by atoms with E-state index in [4.69, 9.17) is 17.0 Å². The van der Waals surface area contributed by atoms with E-state index in [1.807, 2.05) is 45.0 Å². The van der Waals surface area contributed by atoms with Crippen molar-refractivity contribution in [1.29, 1.82) is 0 Å². The van der Waals surface area contributed by atoms with Crippen LogP contribution in [-0.4, -0.2) is 17.4 Å². The van der Waals surface area contributed by atoms with Crippen LogP contribution in [-0.2, 0) is 11.2 Å². The summed E-state index contributed by atoms with van der Waals surface area (Å²) in [5.74, 6) is -0.152. The van der Waals surface area contributed by atoms with Crippen LogP contribution >= 0.6 is 12.2 Å². The minimum absolute atomic E-state index is 0.0569. The first kappa shape index (κ1) is 16.8. The van der Waals surface area contributed by atoms with Crippen LogP contribution in [0, 0.1) is 11.8 Å². The fourth-order valence-electron chi connectivity index (χ4n) is 2.22. The Morgan fingerprint density at radius 1 is 1.20 bits per heavy atom. The maximum atomic E-state index is 12.6. The average molecular weight is 292 g/mol. The van der Waals surface area contributed by atoms with E-state index in [-0.39, 0.29) is 17.6 Å². The molecule has 110 valence electrons. The largest absolute Gasteiger partial charge is 0.487 e. The molecule has 1 rings (SSSR count). The number of ether oxygens (including phenoxy) is 1. The van der Waals surface area contributed by atoms with E-state index in [0.717, 1.165) is 12.8 Å². The third-order valence-corrected chi connectivity index (χ3v) is 3.64. The van der Waals surface area contributed by atoms with E-state index >= 15 is 0 Å². The van der Waals surface area contributed by atoms with Gasteiger partial charge in [-0.3, -0.25) is 4.79 Å². The molecule has 0 heterocycles. The van der Waals surface area contributed by atoms with Gasteiger partial charge in [0.1, 0.15) is 0 Å². The summed E-state index contributed by atoms with van der Waals surface area (Å²) in [5.41, 5.74) is 1.98. The lowest BCUT2D eigenvalue weighted by Crippen LogP contribution is -2.29. The first-order valence-electron chi connectivity index (χ1n) is 7.31. The lowest BCUT2D eigenvalue weighted by molar-refractivity contribution is 0.0916. The number of aryl methyl sites for hydroxylation is 1. The molecule has 1 aromatic carbocycles. The summed E-state index contributed by atoms with van der Waals surface area (Å²) in [6.45, 7) is 8.53. The lowest BCUT2D eigenvalue weighted by atomic mass is 9.88. The van der Waals surface area contributed by atoms with Gasteiger partial charge in [-0.1, -0.05) is 51.5 Å². The number of carbonyl (C=O) groups excluding carboxylic acids is 1. The van der Waals surface area contributed by atoms with Crippen LogP contribution in [0.25, 0.3) is 0 Å². The van der Waals surface area contributed by atoms with Crippen LogP contribution in [0.1, 0.15) is 50.0 Å². The van der Waals surface area contributed by atoms with Gasteiger partial charge in [0.05, 0.1) is 12.5 Å². The smallest absolute Gasteiger partial charge is 0.174 e. The van der Waals surface area contributed by atoms with Crippen LogP contribution in [0.4, 0.5) is 0 Å². The van der Waals surface area contributed by atoms with Crippen LogP contribution in [0.15, 0.2) is 24.3 Å². The molecular weight excluding hydrogens is 268 g/mol. The van der Waals surface area contributed by atoms with Crippen LogP contribution in [0.3, 0.4) is 0 Å². The van der Waals surface area contributed by atoms with Gasteiger partial charge in [0.2, 0.25) is 0 Å². The normalized spacial score (nSPS) is 12.2. The van der Waals surface area contributed by atoms with E-state index in [9.17, 15) is 4.79 Å². The summed E-state index contributed by atoms with van der Waals surface area (Å²) in [4.78, 5) is 12.6. The van der Waals surface area contributed by atoms with Gasteiger partial charge < -0.3 is 4.74 Å². The van der Waals surface area contributed by atoms with Crippen LogP contribution < -0.4 is 0 Å². The highest BCUT2D eigenvalue weighted by Crippen LogP contribution is 2.21. The van der Waals surface area contributed by atoms with E-state index in [0.29, 0.717) is 17.2 Å². The average Bonchev–Trinajstić information content (AvgIpc) is 2.40. The zero-order valence-electron chi connectivity index (χ0n) is 12.8. The number of hydrogen-bond acceptors (Lipinski definition) is 3. The Bertz CT molecular complexity index is 449. The van der Waals surface area contributed by atoms with Crippen LogP contribution in [0.2, 0.25) is 0 Å². The first-order valence-corrected chi connectivity index (χ1v) is 7.71. The van der Waals surface area contributed by atoms with Crippen molar-refractivity contribution >= 4 is 23.1 Å². The van der Waals surface area contributed by atoms with Gasteiger partial charge in [0, 0.05) is 5.56 Å². The molecule has 0 aromatic heterocycles. The van der Waals surface area contributed by atoms with E-state index in [1.54, 1.807) is 0 Å². The number of benzene rings is 1. The Morgan fingerprint density at radius 3 is 2.25 bits per heavy atom. The van der Waals surface area contributed by atoms with Crippen molar-refractivity contribution in [1.82, 2.24) is 0 Å². The Balaban J connectivity index is 2.91. The lowest BCUT2D eigenvalue weighted by Gasteiger charge is -2.20. The maximum Gasteiger partial charge on any atom is 0.174 e. The number of ketones is 1. The minimum Gasteiger partial charge on any atom is -0.487 e. The number of carbonyl (C=O) groups is 1. The SMILES string of the molecule is CCCc1ccc(C(=O)C(C(=S)OCC)C(C)C)cc1.